The summed E-state index contributed by atoms with van der Waals surface area (Å²) in [5.74, 6) is -0.103. The van der Waals surface area contributed by atoms with Crippen molar-refractivity contribution in [2.45, 2.75) is 32.4 Å². The molecule has 2 atom stereocenters. The lowest BCUT2D eigenvalue weighted by Gasteiger charge is -2.37. The van der Waals surface area contributed by atoms with Gasteiger partial charge in [-0.15, -0.1) is 11.3 Å². The molecule has 6 nitrogen and oxygen atoms in total. The Balaban J connectivity index is 1.35. The highest BCUT2D eigenvalue weighted by Gasteiger charge is 2.35. The number of rotatable bonds is 3. The standard InChI is InChI=1S/C19H24FN5OS/c1-12-18(27-13(2)21-12)15-11-16(23-22-15)19(26)25-9-7-24(8-10-25)17-6-4-3-5-14(17)20/h3-6,15-16,22-23H,7-11H2,1-2H3. The number of hydrogen-bond acceptors (Lipinski definition) is 6. The van der Waals surface area contributed by atoms with Crippen molar-refractivity contribution >= 4 is 22.9 Å². The molecule has 0 spiro atoms. The first-order valence-electron chi connectivity index (χ1n) is 9.26. The number of halogens is 1. The third-order valence-corrected chi connectivity index (χ3v) is 6.43. The van der Waals surface area contributed by atoms with Gasteiger partial charge in [0.25, 0.3) is 0 Å². The van der Waals surface area contributed by atoms with Crippen LogP contribution in [0.5, 0.6) is 0 Å². The van der Waals surface area contributed by atoms with Crippen LogP contribution < -0.4 is 15.8 Å². The minimum atomic E-state index is -0.239. The van der Waals surface area contributed by atoms with Gasteiger partial charge in [0.2, 0.25) is 5.91 Å². The van der Waals surface area contributed by atoms with E-state index in [0.717, 1.165) is 17.1 Å². The van der Waals surface area contributed by atoms with Crippen LogP contribution in [-0.2, 0) is 4.79 Å². The quantitative estimate of drug-likeness (QED) is 0.843. The fourth-order valence-corrected chi connectivity index (χ4v) is 4.85. The minimum Gasteiger partial charge on any atom is -0.366 e. The molecule has 1 aromatic carbocycles. The third-order valence-electron chi connectivity index (χ3n) is 5.24. The van der Waals surface area contributed by atoms with Crippen molar-refractivity contribution in [3.63, 3.8) is 0 Å². The summed E-state index contributed by atoms with van der Waals surface area (Å²) in [5.41, 5.74) is 8.05. The van der Waals surface area contributed by atoms with E-state index in [1.165, 1.54) is 10.9 Å². The maximum absolute atomic E-state index is 14.0. The van der Waals surface area contributed by atoms with Crippen LogP contribution in [0.2, 0.25) is 0 Å². The first kappa shape index (κ1) is 18.3. The van der Waals surface area contributed by atoms with Crippen LogP contribution in [0.4, 0.5) is 10.1 Å². The molecule has 2 fully saturated rings. The average Bonchev–Trinajstić information content (AvgIpc) is 3.28. The number of aromatic nitrogens is 1. The molecule has 1 aromatic heterocycles. The van der Waals surface area contributed by atoms with E-state index in [1.807, 2.05) is 29.7 Å². The Morgan fingerprint density at radius 1 is 1.19 bits per heavy atom. The van der Waals surface area contributed by atoms with Crippen molar-refractivity contribution in [2.75, 3.05) is 31.1 Å². The predicted octanol–water partition coefficient (Wildman–Crippen LogP) is 2.16. The molecular formula is C19H24FN5OS. The largest absolute Gasteiger partial charge is 0.366 e. The molecule has 4 rings (SSSR count). The van der Waals surface area contributed by atoms with Crippen molar-refractivity contribution in [1.82, 2.24) is 20.7 Å². The average molecular weight is 390 g/mol. The van der Waals surface area contributed by atoms with Gasteiger partial charge >= 0.3 is 0 Å². The SMILES string of the molecule is Cc1nc(C)c(C2CC(C(=O)N3CCN(c4ccccc4F)CC3)NN2)s1. The molecule has 3 heterocycles. The summed E-state index contributed by atoms with van der Waals surface area (Å²) in [6.07, 6.45) is 0.717. The van der Waals surface area contributed by atoms with Crippen LogP contribution in [0.1, 0.15) is 28.0 Å². The zero-order valence-electron chi connectivity index (χ0n) is 15.5. The van der Waals surface area contributed by atoms with Gasteiger partial charge < -0.3 is 9.80 Å². The van der Waals surface area contributed by atoms with Gasteiger partial charge in [-0.25, -0.2) is 20.2 Å². The summed E-state index contributed by atoms with van der Waals surface area (Å²) in [6.45, 7) is 6.51. The zero-order chi connectivity index (χ0) is 19.0. The number of nitrogens with zero attached hydrogens (tertiary/aromatic N) is 3. The molecule has 0 bridgehead atoms. The lowest BCUT2D eigenvalue weighted by Crippen LogP contribution is -2.53. The lowest BCUT2D eigenvalue weighted by molar-refractivity contribution is -0.133. The number of piperazine rings is 1. The molecule has 2 N–H and O–H groups in total. The number of benzene rings is 1. The van der Waals surface area contributed by atoms with Gasteiger partial charge in [-0.3, -0.25) is 4.79 Å². The van der Waals surface area contributed by atoms with Crippen molar-refractivity contribution in [3.05, 3.63) is 45.7 Å². The number of anilines is 1. The van der Waals surface area contributed by atoms with E-state index >= 15 is 0 Å². The van der Waals surface area contributed by atoms with Crippen molar-refractivity contribution in [3.8, 4) is 0 Å². The number of amides is 1. The fourth-order valence-electron chi connectivity index (χ4n) is 3.86. The fraction of sp³-hybridized carbons (Fsp3) is 0.474. The number of aryl methyl sites for hydroxylation is 2. The zero-order valence-corrected chi connectivity index (χ0v) is 16.4. The van der Waals surface area contributed by atoms with E-state index in [9.17, 15) is 9.18 Å². The first-order chi connectivity index (χ1) is 13.0. The number of carbonyl (C=O) groups is 1. The molecule has 2 aromatic rings. The molecule has 144 valence electrons. The molecule has 8 heteroatoms. The van der Waals surface area contributed by atoms with Crippen molar-refractivity contribution in [1.29, 1.82) is 0 Å². The summed E-state index contributed by atoms with van der Waals surface area (Å²) in [5, 5.41) is 1.04. The van der Waals surface area contributed by atoms with E-state index in [-0.39, 0.29) is 23.8 Å². The Hall–Kier alpha value is -2.03. The van der Waals surface area contributed by atoms with Crippen LogP contribution in [0.15, 0.2) is 24.3 Å². The second kappa shape index (κ2) is 7.53. The molecule has 0 radical (unpaired) electrons. The van der Waals surface area contributed by atoms with Crippen LogP contribution in [-0.4, -0.2) is 48.0 Å². The molecule has 2 unspecified atom stereocenters. The van der Waals surface area contributed by atoms with E-state index in [4.69, 9.17) is 0 Å². The van der Waals surface area contributed by atoms with Gasteiger partial charge in [0, 0.05) is 31.1 Å². The maximum Gasteiger partial charge on any atom is 0.241 e. The predicted molar refractivity (Wildman–Crippen MR) is 104 cm³/mol. The smallest absolute Gasteiger partial charge is 0.241 e. The lowest BCUT2D eigenvalue weighted by atomic mass is 10.1. The maximum atomic E-state index is 14.0. The Labute approximate surface area is 162 Å². The van der Waals surface area contributed by atoms with E-state index in [0.29, 0.717) is 31.9 Å². The number of hydrazine groups is 1. The second-order valence-electron chi connectivity index (χ2n) is 7.08. The van der Waals surface area contributed by atoms with Crippen LogP contribution in [0.25, 0.3) is 0 Å². The highest BCUT2D eigenvalue weighted by molar-refractivity contribution is 7.11. The molecule has 0 saturated carbocycles. The van der Waals surface area contributed by atoms with Crippen molar-refractivity contribution in [2.24, 2.45) is 0 Å². The van der Waals surface area contributed by atoms with E-state index in [2.05, 4.69) is 15.8 Å². The summed E-state index contributed by atoms with van der Waals surface area (Å²) < 4.78 is 14.0. The summed E-state index contributed by atoms with van der Waals surface area (Å²) in [4.78, 5) is 22.5. The molecule has 27 heavy (non-hydrogen) atoms. The van der Waals surface area contributed by atoms with Gasteiger partial charge in [0.15, 0.2) is 0 Å². The Bertz CT molecular complexity index is 833. The van der Waals surface area contributed by atoms with Crippen LogP contribution in [0, 0.1) is 19.7 Å². The van der Waals surface area contributed by atoms with Gasteiger partial charge in [-0.2, -0.15) is 0 Å². The Kier molecular flexibility index (Phi) is 5.12. The van der Waals surface area contributed by atoms with E-state index < -0.39 is 0 Å². The van der Waals surface area contributed by atoms with Gasteiger partial charge in [-0.05, 0) is 32.4 Å². The topological polar surface area (TPSA) is 60.5 Å². The molecule has 2 aliphatic rings. The molecular weight excluding hydrogens is 365 g/mol. The van der Waals surface area contributed by atoms with Gasteiger partial charge in [0.1, 0.15) is 11.9 Å². The number of thiazole rings is 1. The third kappa shape index (κ3) is 3.69. The summed E-state index contributed by atoms with van der Waals surface area (Å²) in [7, 11) is 0. The second-order valence-corrected chi connectivity index (χ2v) is 8.31. The molecule has 2 aliphatic heterocycles. The van der Waals surface area contributed by atoms with Gasteiger partial charge in [0.05, 0.1) is 22.4 Å². The highest BCUT2D eigenvalue weighted by atomic mass is 32.1. The van der Waals surface area contributed by atoms with Gasteiger partial charge in [-0.1, -0.05) is 12.1 Å². The normalized spacial score (nSPS) is 23.1. The van der Waals surface area contributed by atoms with E-state index in [1.54, 1.807) is 23.5 Å². The van der Waals surface area contributed by atoms with Crippen LogP contribution >= 0.6 is 11.3 Å². The van der Waals surface area contributed by atoms with Crippen LogP contribution in [0.3, 0.4) is 0 Å². The Morgan fingerprint density at radius 3 is 2.59 bits per heavy atom. The minimum absolute atomic E-state index is 0.108. The summed E-state index contributed by atoms with van der Waals surface area (Å²) in [6, 6.07) is 6.68. The number of carbonyl (C=O) groups excluding carboxylic acids is 1. The Morgan fingerprint density at radius 2 is 1.93 bits per heavy atom. The monoisotopic (exact) mass is 389 g/mol. The number of para-hydroxylation sites is 1. The summed E-state index contributed by atoms with van der Waals surface area (Å²) >= 11 is 1.68. The van der Waals surface area contributed by atoms with Crippen molar-refractivity contribution < 1.29 is 9.18 Å². The molecule has 1 amide bonds. The highest BCUT2D eigenvalue weighted by Crippen LogP contribution is 2.30. The first-order valence-corrected chi connectivity index (χ1v) is 10.1. The molecule has 0 aliphatic carbocycles. The number of nitrogens with one attached hydrogen (secondary N) is 2. The number of hydrogen-bond donors (Lipinski definition) is 2. The molecule has 2 saturated heterocycles.